The number of para-hydroxylation sites is 2. The maximum absolute atomic E-state index is 11.2. The molecule has 0 aliphatic heterocycles. The molecule has 0 radical (unpaired) electrons. The van der Waals surface area contributed by atoms with E-state index in [0.717, 1.165) is 0 Å². The first-order valence-electron chi connectivity index (χ1n) is 6.16. The van der Waals surface area contributed by atoms with Crippen LogP contribution in [0.1, 0.15) is 19.7 Å². The van der Waals surface area contributed by atoms with Crippen molar-refractivity contribution in [2.24, 2.45) is 0 Å². The molecule has 2 rings (SSSR count). The van der Waals surface area contributed by atoms with E-state index in [1.807, 2.05) is 19.1 Å². The molecule has 1 amide bonds. The van der Waals surface area contributed by atoms with Crippen LogP contribution in [-0.4, -0.2) is 15.9 Å². The van der Waals surface area contributed by atoms with Gasteiger partial charge >= 0.3 is 0 Å². The predicted molar refractivity (Wildman–Crippen MR) is 79.9 cm³/mol. The molecule has 6 heteroatoms. The van der Waals surface area contributed by atoms with Gasteiger partial charge in [-0.3, -0.25) is 4.79 Å². The van der Waals surface area contributed by atoms with Crippen LogP contribution in [0.4, 0.5) is 5.69 Å². The normalized spacial score (nSPS) is 10.2. The first-order valence-corrected chi connectivity index (χ1v) is 6.95. The van der Waals surface area contributed by atoms with Gasteiger partial charge in [0.15, 0.2) is 5.75 Å². The van der Waals surface area contributed by atoms with Crippen LogP contribution >= 0.6 is 15.9 Å². The number of aryl methyl sites for hydroxylation is 1. The predicted octanol–water partition coefficient (Wildman–Crippen LogP) is 3.55. The van der Waals surface area contributed by atoms with Crippen LogP contribution in [0.2, 0.25) is 0 Å². The Morgan fingerprint density at radius 3 is 2.80 bits per heavy atom. The van der Waals surface area contributed by atoms with Crippen molar-refractivity contribution in [2.45, 2.75) is 20.3 Å². The molecule has 0 atom stereocenters. The van der Waals surface area contributed by atoms with Crippen molar-refractivity contribution in [3.05, 3.63) is 40.8 Å². The van der Waals surface area contributed by atoms with Gasteiger partial charge < -0.3 is 10.1 Å². The summed E-state index contributed by atoms with van der Waals surface area (Å²) >= 11 is 3.33. The van der Waals surface area contributed by atoms with E-state index >= 15 is 0 Å². The Bertz CT molecular complexity index is 632. The average molecular weight is 336 g/mol. The number of halogens is 1. The standard InChI is InChI=1S/C14H14BrN3O2/c1-3-13-17-12(15)8-14(18-13)20-11-7-5-4-6-10(11)16-9(2)19/h4-8H,3H2,1-2H3,(H,16,19). The van der Waals surface area contributed by atoms with E-state index < -0.39 is 0 Å². The van der Waals surface area contributed by atoms with Gasteiger partial charge in [-0.05, 0) is 28.1 Å². The van der Waals surface area contributed by atoms with E-state index in [0.29, 0.717) is 34.2 Å². The number of ether oxygens (including phenoxy) is 1. The van der Waals surface area contributed by atoms with Gasteiger partial charge in [0.1, 0.15) is 10.4 Å². The molecule has 0 unspecified atom stereocenters. The third-order valence-corrected chi connectivity index (χ3v) is 2.85. The number of benzene rings is 1. The molecule has 0 aliphatic carbocycles. The molecule has 1 heterocycles. The van der Waals surface area contributed by atoms with Gasteiger partial charge in [0.05, 0.1) is 5.69 Å². The second-order valence-corrected chi connectivity index (χ2v) is 4.89. The summed E-state index contributed by atoms with van der Waals surface area (Å²) in [7, 11) is 0. The Kier molecular flexibility index (Phi) is 4.68. The number of hydrogen-bond donors (Lipinski definition) is 1. The highest BCUT2D eigenvalue weighted by Crippen LogP contribution is 2.29. The van der Waals surface area contributed by atoms with Gasteiger partial charge in [-0.15, -0.1) is 0 Å². The highest BCUT2D eigenvalue weighted by molar-refractivity contribution is 9.10. The fraction of sp³-hybridized carbons (Fsp3) is 0.214. The van der Waals surface area contributed by atoms with E-state index in [1.165, 1.54) is 6.92 Å². The van der Waals surface area contributed by atoms with E-state index in [1.54, 1.807) is 18.2 Å². The number of anilines is 1. The average Bonchev–Trinajstić information content (AvgIpc) is 2.39. The second kappa shape index (κ2) is 6.47. The lowest BCUT2D eigenvalue weighted by atomic mass is 10.3. The Hall–Kier alpha value is -1.95. The molecule has 0 fully saturated rings. The summed E-state index contributed by atoms with van der Waals surface area (Å²) < 4.78 is 6.40. The van der Waals surface area contributed by atoms with Gasteiger partial charge in [0.25, 0.3) is 0 Å². The Labute approximate surface area is 125 Å². The van der Waals surface area contributed by atoms with Crippen LogP contribution in [0.3, 0.4) is 0 Å². The number of carbonyl (C=O) groups is 1. The zero-order valence-corrected chi connectivity index (χ0v) is 12.8. The van der Waals surface area contributed by atoms with Gasteiger partial charge in [-0.2, -0.15) is 4.98 Å². The fourth-order valence-electron chi connectivity index (χ4n) is 1.61. The SMILES string of the molecule is CCc1nc(Br)cc(Oc2ccccc2NC(C)=O)n1. The number of carbonyl (C=O) groups excluding carboxylic acids is 1. The zero-order chi connectivity index (χ0) is 14.5. The summed E-state index contributed by atoms with van der Waals surface area (Å²) in [6.45, 7) is 3.42. The van der Waals surface area contributed by atoms with Crippen molar-refractivity contribution in [3.63, 3.8) is 0 Å². The molecule has 0 saturated carbocycles. The number of rotatable bonds is 4. The Morgan fingerprint density at radius 1 is 1.35 bits per heavy atom. The minimum Gasteiger partial charge on any atom is -0.437 e. The number of nitrogens with zero attached hydrogens (tertiary/aromatic N) is 2. The molecule has 0 spiro atoms. The summed E-state index contributed by atoms with van der Waals surface area (Å²) in [6.07, 6.45) is 0.711. The number of nitrogens with one attached hydrogen (secondary N) is 1. The van der Waals surface area contributed by atoms with Gasteiger partial charge in [0.2, 0.25) is 11.8 Å². The van der Waals surface area contributed by atoms with E-state index in [4.69, 9.17) is 4.74 Å². The summed E-state index contributed by atoms with van der Waals surface area (Å²) in [5.74, 6) is 1.50. The summed E-state index contributed by atoms with van der Waals surface area (Å²) in [5, 5.41) is 2.72. The molecule has 1 N–H and O–H groups in total. The highest BCUT2D eigenvalue weighted by Gasteiger charge is 2.08. The van der Waals surface area contributed by atoms with Gasteiger partial charge in [-0.1, -0.05) is 19.1 Å². The number of aromatic nitrogens is 2. The quantitative estimate of drug-likeness (QED) is 0.867. The Morgan fingerprint density at radius 2 is 2.10 bits per heavy atom. The van der Waals surface area contributed by atoms with Crippen LogP contribution in [0.5, 0.6) is 11.6 Å². The first-order chi connectivity index (χ1) is 9.58. The third-order valence-electron chi connectivity index (χ3n) is 2.45. The molecule has 0 saturated heterocycles. The molecule has 20 heavy (non-hydrogen) atoms. The smallest absolute Gasteiger partial charge is 0.223 e. The van der Waals surface area contributed by atoms with Crippen LogP contribution in [0.15, 0.2) is 34.9 Å². The molecule has 5 nitrogen and oxygen atoms in total. The van der Waals surface area contributed by atoms with Crippen molar-refractivity contribution in [1.29, 1.82) is 0 Å². The number of amides is 1. The topological polar surface area (TPSA) is 64.1 Å². The van der Waals surface area contributed by atoms with Crippen molar-refractivity contribution in [1.82, 2.24) is 9.97 Å². The third kappa shape index (κ3) is 3.77. The molecule has 104 valence electrons. The molecule has 1 aromatic carbocycles. The maximum Gasteiger partial charge on any atom is 0.223 e. The van der Waals surface area contributed by atoms with Crippen molar-refractivity contribution in [3.8, 4) is 11.6 Å². The van der Waals surface area contributed by atoms with Crippen molar-refractivity contribution in [2.75, 3.05) is 5.32 Å². The van der Waals surface area contributed by atoms with E-state index in [9.17, 15) is 4.79 Å². The van der Waals surface area contributed by atoms with Gasteiger partial charge in [0, 0.05) is 19.4 Å². The Balaban J connectivity index is 2.30. The van der Waals surface area contributed by atoms with E-state index in [2.05, 4.69) is 31.2 Å². The minimum atomic E-state index is -0.154. The zero-order valence-electron chi connectivity index (χ0n) is 11.2. The van der Waals surface area contributed by atoms with Crippen LogP contribution in [-0.2, 0) is 11.2 Å². The lowest BCUT2D eigenvalue weighted by Gasteiger charge is -2.11. The largest absolute Gasteiger partial charge is 0.437 e. The lowest BCUT2D eigenvalue weighted by molar-refractivity contribution is -0.114. The molecular formula is C14H14BrN3O2. The van der Waals surface area contributed by atoms with E-state index in [-0.39, 0.29) is 5.91 Å². The molecule has 2 aromatic rings. The fourth-order valence-corrected chi connectivity index (χ4v) is 2.01. The molecule has 1 aromatic heterocycles. The van der Waals surface area contributed by atoms with Crippen LogP contribution < -0.4 is 10.1 Å². The first kappa shape index (κ1) is 14.5. The molecule has 0 bridgehead atoms. The maximum atomic E-state index is 11.2. The second-order valence-electron chi connectivity index (χ2n) is 4.08. The van der Waals surface area contributed by atoms with Gasteiger partial charge in [-0.25, -0.2) is 4.98 Å². The monoisotopic (exact) mass is 335 g/mol. The molecule has 0 aliphatic rings. The minimum absolute atomic E-state index is 0.154. The van der Waals surface area contributed by atoms with Crippen LogP contribution in [0, 0.1) is 0 Å². The summed E-state index contributed by atoms with van der Waals surface area (Å²) in [6, 6.07) is 8.88. The van der Waals surface area contributed by atoms with Crippen molar-refractivity contribution >= 4 is 27.5 Å². The lowest BCUT2D eigenvalue weighted by Crippen LogP contribution is -2.07. The van der Waals surface area contributed by atoms with Crippen LogP contribution in [0.25, 0.3) is 0 Å². The summed E-state index contributed by atoms with van der Waals surface area (Å²) in [4.78, 5) is 19.7. The summed E-state index contributed by atoms with van der Waals surface area (Å²) in [5.41, 5.74) is 0.604. The van der Waals surface area contributed by atoms with Crippen molar-refractivity contribution < 1.29 is 9.53 Å². The number of hydrogen-bond acceptors (Lipinski definition) is 4. The highest BCUT2D eigenvalue weighted by atomic mass is 79.9. The molecular weight excluding hydrogens is 322 g/mol.